The molecule has 1 amide bonds. The number of esters is 1. The number of amides is 1. The molecule has 7 heteroatoms. The zero-order valence-electron chi connectivity index (χ0n) is 30.4. The zero-order valence-corrected chi connectivity index (χ0v) is 30.4. The zero-order chi connectivity index (χ0) is 34.6. The average Bonchev–Trinajstić information content (AvgIpc) is 3.05. The summed E-state index contributed by atoms with van der Waals surface area (Å²) in [5.74, 6) is -1.34. The SMILES string of the molecule is CCCC/C=C\C/C=C\CCCCCCCC(=O)OC(/C=C\CCCCCCCC)CCCCCCC(=O)NC(CCCN)C(=O)O. The van der Waals surface area contributed by atoms with Gasteiger partial charge in [-0.15, -0.1) is 0 Å². The molecule has 0 aliphatic heterocycles. The number of hydrogen-bond donors (Lipinski definition) is 3. The van der Waals surface area contributed by atoms with Crippen molar-refractivity contribution in [1.29, 1.82) is 0 Å². The van der Waals surface area contributed by atoms with E-state index in [1.54, 1.807) is 0 Å². The van der Waals surface area contributed by atoms with Crippen molar-refractivity contribution in [2.24, 2.45) is 5.73 Å². The van der Waals surface area contributed by atoms with Crippen molar-refractivity contribution in [1.82, 2.24) is 5.32 Å². The van der Waals surface area contributed by atoms with Crippen LogP contribution in [-0.4, -0.2) is 41.6 Å². The third-order valence-electron chi connectivity index (χ3n) is 8.41. The molecule has 0 rings (SSSR count). The van der Waals surface area contributed by atoms with Gasteiger partial charge in [0.25, 0.3) is 0 Å². The number of unbranched alkanes of at least 4 members (excludes halogenated alkanes) is 16. The maximum Gasteiger partial charge on any atom is 0.326 e. The number of aliphatic carboxylic acids is 1. The number of carbonyl (C=O) groups is 3. The van der Waals surface area contributed by atoms with Crippen LogP contribution in [0.15, 0.2) is 36.5 Å². The summed E-state index contributed by atoms with van der Waals surface area (Å²) in [7, 11) is 0. The van der Waals surface area contributed by atoms with Gasteiger partial charge in [0.05, 0.1) is 0 Å². The fourth-order valence-corrected chi connectivity index (χ4v) is 5.43. The van der Waals surface area contributed by atoms with Crippen LogP contribution in [0.5, 0.6) is 0 Å². The van der Waals surface area contributed by atoms with Gasteiger partial charge in [0.1, 0.15) is 12.1 Å². The lowest BCUT2D eigenvalue weighted by Crippen LogP contribution is -2.40. The van der Waals surface area contributed by atoms with E-state index in [2.05, 4.69) is 55.6 Å². The van der Waals surface area contributed by atoms with Crippen LogP contribution in [0.25, 0.3) is 0 Å². The van der Waals surface area contributed by atoms with Gasteiger partial charge in [-0.3, -0.25) is 9.59 Å². The van der Waals surface area contributed by atoms with Crippen molar-refractivity contribution in [3.63, 3.8) is 0 Å². The lowest BCUT2D eigenvalue weighted by Gasteiger charge is -2.15. The molecule has 0 saturated carbocycles. The van der Waals surface area contributed by atoms with Crippen molar-refractivity contribution in [2.75, 3.05) is 6.54 Å². The molecule has 2 atom stereocenters. The lowest BCUT2D eigenvalue weighted by atomic mass is 10.1. The van der Waals surface area contributed by atoms with Crippen molar-refractivity contribution < 1.29 is 24.2 Å². The summed E-state index contributed by atoms with van der Waals surface area (Å²) < 4.78 is 5.90. The second-order valence-electron chi connectivity index (χ2n) is 13.0. The second kappa shape index (κ2) is 34.9. The van der Waals surface area contributed by atoms with E-state index in [1.165, 1.54) is 70.6 Å². The monoisotopic (exact) mass is 661 g/mol. The Morgan fingerprint density at radius 3 is 1.83 bits per heavy atom. The normalized spacial score (nSPS) is 13.1. The molecule has 4 N–H and O–H groups in total. The Bertz CT molecular complexity index is 838. The smallest absolute Gasteiger partial charge is 0.326 e. The Hall–Kier alpha value is -2.41. The van der Waals surface area contributed by atoms with E-state index in [-0.39, 0.29) is 18.0 Å². The van der Waals surface area contributed by atoms with Gasteiger partial charge in [-0.1, -0.05) is 121 Å². The number of ether oxygens (including phenoxy) is 1. The first-order valence-electron chi connectivity index (χ1n) is 19.3. The van der Waals surface area contributed by atoms with Crippen LogP contribution in [0, 0.1) is 0 Å². The van der Waals surface area contributed by atoms with E-state index < -0.39 is 12.0 Å². The third-order valence-corrected chi connectivity index (χ3v) is 8.41. The molecule has 0 fully saturated rings. The molecule has 0 aromatic heterocycles. The Morgan fingerprint density at radius 1 is 0.638 bits per heavy atom. The summed E-state index contributed by atoms with van der Waals surface area (Å²) in [6, 6.07) is -0.871. The minimum atomic E-state index is -1.02. The van der Waals surface area contributed by atoms with E-state index in [1.807, 2.05) is 0 Å². The maximum absolute atomic E-state index is 12.7. The molecule has 47 heavy (non-hydrogen) atoms. The molecule has 7 nitrogen and oxygen atoms in total. The largest absolute Gasteiger partial charge is 0.480 e. The number of nitrogens with two attached hydrogens (primary N) is 1. The quantitative estimate of drug-likeness (QED) is 0.0359. The Morgan fingerprint density at radius 2 is 1.19 bits per heavy atom. The van der Waals surface area contributed by atoms with Crippen LogP contribution in [0.4, 0.5) is 0 Å². The van der Waals surface area contributed by atoms with Crippen molar-refractivity contribution in [3.8, 4) is 0 Å². The standard InChI is InChI=1S/C40H72N2O5/c1-3-5-7-9-11-13-14-15-16-17-18-20-22-28-34-39(44)47-36(30-25-21-19-12-10-8-6-4-2)31-26-23-24-27-33-38(43)42-37(40(45)46)32-29-35-41/h9,11,14-15,25,30,36-37H,3-8,10,12-13,16-24,26-29,31-35,41H2,1-2H3,(H,42,43)(H,45,46)/b11-9-,15-14-,30-25-. The van der Waals surface area contributed by atoms with Crippen LogP contribution in [0.2, 0.25) is 0 Å². The number of carboxylic acids is 1. The summed E-state index contributed by atoms with van der Waals surface area (Å²) in [5.41, 5.74) is 5.47. The molecule has 0 aromatic rings. The first kappa shape index (κ1) is 44.6. The summed E-state index contributed by atoms with van der Waals surface area (Å²) >= 11 is 0. The van der Waals surface area contributed by atoms with E-state index in [0.717, 1.165) is 64.2 Å². The molecular weight excluding hydrogens is 588 g/mol. The van der Waals surface area contributed by atoms with Crippen LogP contribution in [-0.2, 0) is 19.1 Å². The number of rotatable bonds is 34. The Kier molecular flexibility index (Phi) is 33.1. The van der Waals surface area contributed by atoms with Gasteiger partial charge in [-0.25, -0.2) is 4.79 Å². The predicted octanol–water partition coefficient (Wildman–Crippen LogP) is 10.3. The summed E-state index contributed by atoms with van der Waals surface area (Å²) in [5, 5.41) is 11.9. The van der Waals surface area contributed by atoms with E-state index in [4.69, 9.17) is 10.5 Å². The first-order chi connectivity index (χ1) is 22.9. The minimum absolute atomic E-state index is 0.103. The highest BCUT2D eigenvalue weighted by molar-refractivity contribution is 5.83. The van der Waals surface area contributed by atoms with Gasteiger partial charge in [0, 0.05) is 12.8 Å². The number of nitrogens with one attached hydrogen (secondary N) is 1. The van der Waals surface area contributed by atoms with Crippen LogP contribution in [0.3, 0.4) is 0 Å². The van der Waals surface area contributed by atoms with Crippen LogP contribution < -0.4 is 11.1 Å². The second-order valence-corrected chi connectivity index (χ2v) is 13.0. The van der Waals surface area contributed by atoms with Gasteiger partial charge in [-0.2, -0.15) is 0 Å². The molecule has 0 aromatic carbocycles. The van der Waals surface area contributed by atoms with Crippen molar-refractivity contribution >= 4 is 17.8 Å². The number of allylic oxidation sites excluding steroid dienone is 5. The minimum Gasteiger partial charge on any atom is -0.480 e. The van der Waals surface area contributed by atoms with Crippen LogP contribution >= 0.6 is 0 Å². The average molecular weight is 661 g/mol. The molecule has 2 unspecified atom stereocenters. The van der Waals surface area contributed by atoms with Crippen LogP contribution in [0.1, 0.15) is 181 Å². The van der Waals surface area contributed by atoms with Gasteiger partial charge in [0.15, 0.2) is 0 Å². The van der Waals surface area contributed by atoms with Crippen molar-refractivity contribution in [3.05, 3.63) is 36.5 Å². The molecule has 0 aliphatic carbocycles. The Labute approximate surface area is 288 Å². The molecular formula is C40H72N2O5. The highest BCUT2D eigenvalue weighted by Crippen LogP contribution is 2.15. The number of hydrogen-bond acceptors (Lipinski definition) is 5. The topological polar surface area (TPSA) is 119 Å². The molecule has 0 bridgehead atoms. The molecule has 0 heterocycles. The molecule has 0 radical (unpaired) electrons. The van der Waals surface area contributed by atoms with E-state index in [9.17, 15) is 19.5 Å². The number of carboxylic acid groups (broad SMARTS) is 1. The summed E-state index contributed by atoms with van der Waals surface area (Å²) in [6.45, 7) is 4.86. The van der Waals surface area contributed by atoms with Crippen molar-refractivity contribution in [2.45, 2.75) is 193 Å². The summed E-state index contributed by atoms with van der Waals surface area (Å²) in [4.78, 5) is 36.2. The highest BCUT2D eigenvalue weighted by atomic mass is 16.5. The predicted molar refractivity (Wildman–Crippen MR) is 197 cm³/mol. The fourth-order valence-electron chi connectivity index (χ4n) is 5.43. The Balaban J connectivity index is 4.35. The van der Waals surface area contributed by atoms with E-state index >= 15 is 0 Å². The fraction of sp³-hybridized carbons (Fsp3) is 0.775. The third kappa shape index (κ3) is 31.9. The van der Waals surface area contributed by atoms with Gasteiger partial charge < -0.3 is 20.9 Å². The molecule has 0 spiro atoms. The molecule has 0 aliphatic rings. The molecule has 0 saturated heterocycles. The van der Waals surface area contributed by atoms with Gasteiger partial charge >= 0.3 is 11.9 Å². The van der Waals surface area contributed by atoms with Gasteiger partial charge in [-0.05, 0) is 89.7 Å². The summed E-state index contributed by atoms with van der Waals surface area (Å²) in [6.07, 6.45) is 39.1. The number of carbonyl (C=O) groups excluding carboxylic acids is 2. The lowest BCUT2D eigenvalue weighted by molar-refractivity contribution is -0.147. The van der Waals surface area contributed by atoms with Gasteiger partial charge in [0.2, 0.25) is 5.91 Å². The maximum atomic E-state index is 12.7. The first-order valence-corrected chi connectivity index (χ1v) is 19.3. The highest BCUT2D eigenvalue weighted by Gasteiger charge is 2.19. The van der Waals surface area contributed by atoms with E-state index in [0.29, 0.717) is 38.6 Å². The molecule has 272 valence electrons.